The number of benzene rings is 1. The zero-order valence-electron chi connectivity index (χ0n) is 14.3. The topological polar surface area (TPSA) is 57.7 Å². The van der Waals surface area contributed by atoms with Gasteiger partial charge in [-0.15, -0.1) is 0 Å². The molecule has 5 nitrogen and oxygen atoms in total. The van der Waals surface area contributed by atoms with Crippen LogP contribution in [0.5, 0.6) is 0 Å². The van der Waals surface area contributed by atoms with Crippen molar-refractivity contribution in [1.29, 1.82) is 0 Å². The van der Waals surface area contributed by atoms with E-state index in [0.29, 0.717) is 43.9 Å². The summed E-state index contributed by atoms with van der Waals surface area (Å²) in [4.78, 5) is 14.0. The maximum atomic E-state index is 13.0. The molecule has 6 heteroatoms. The van der Waals surface area contributed by atoms with Crippen molar-refractivity contribution in [3.8, 4) is 0 Å². The summed E-state index contributed by atoms with van der Waals surface area (Å²) in [7, 11) is -3.48. The quantitative estimate of drug-likeness (QED) is 0.840. The fourth-order valence-corrected chi connectivity index (χ4v) is 5.15. The zero-order valence-corrected chi connectivity index (χ0v) is 15.1. The van der Waals surface area contributed by atoms with E-state index in [0.717, 1.165) is 19.3 Å². The maximum Gasteiger partial charge on any atom is 0.243 e. The maximum absolute atomic E-state index is 13.0. The van der Waals surface area contributed by atoms with Crippen molar-refractivity contribution in [3.05, 3.63) is 29.3 Å². The minimum absolute atomic E-state index is 0.100. The van der Waals surface area contributed by atoms with Crippen molar-refractivity contribution in [2.45, 2.75) is 50.3 Å². The predicted molar refractivity (Wildman–Crippen MR) is 93.3 cm³/mol. The van der Waals surface area contributed by atoms with Gasteiger partial charge in [-0.2, -0.15) is 4.31 Å². The third-order valence-electron chi connectivity index (χ3n) is 5.07. The van der Waals surface area contributed by atoms with Crippen LogP contribution < -0.4 is 0 Å². The highest BCUT2D eigenvalue weighted by atomic mass is 32.2. The molecule has 0 atom stereocenters. The molecular weight excluding hydrogens is 324 g/mol. The Morgan fingerprint density at radius 1 is 1.00 bits per heavy atom. The Hall–Kier alpha value is -1.40. The second-order valence-electron chi connectivity index (χ2n) is 6.63. The Kier molecular flexibility index (Phi) is 5.25. The largest absolute Gasteiger partial charge is 0.341 e. The summed E-state index contributed by atoms with van der Waals surface area (Å²) in [5, 5.41) is 0. The Balaban J connectivity index is 1.79. The molecule has 1 heterocycles. The van der Waals surface area contributed by atoms with Crippen molar-refractivity contribution >= 4 is 15.9 Å². The molecule has 2 aliphatic rings. The lowest BCUT2D eigenvalue weighted by Gasteiger charge is -2.23. The Morgan fingerprint density at radius 3 is 2.50 bits per heavy atom. The second-order valence-corrected chi connectivity index (χ2v) is 8.57. The van der Waals surface area contributed by atoms with Crippen molar-refractivity contribution in [2.24, 2.45) is 0 Å². The summed E-state index contributed by atoms with van der Waals surface area (Å²) < 4.78 is 27.5. The summed E-state index contributed by atoms with van der Waals surface area (Å²) in [5.74, 6) is 0.100. The van der Waals surface area contributed by atoms with Crippen LogP contribution in [0.15, 0.2) is 23.1 Å². The number of nitrogens with zero attached hydrogens (tertiary/aromatic N) is 2. The van der Waals surface area contributed by atoms with Crippen LogP contribution in [0, 0.1) is 0 Å². The van der Waals surface area contributed by atoms with Crippen LogP contribution in [0.1, 0.15) is 43.7 Å². The SMILES string of the molecule is CCC(=O)N1CCCN(S(=O)(=O)c2ccc3c(c2)CCCC3)CC1. The monoisotopic (exact) mass is 350 g/mol. The van der Waals surface area contributed by atoms with E-state index in [1.807, 2.05) is 19.1 Å². The molecule has 3 rings (SSSR count). The van der Waals surface area contributed by atoms with Crippen LogP contribution in [0.4, 0.5) is 0 Å². The molecule has 0 spiro atoms. The Labute approximate surface area is 144 Å². The molecule has 1 fully saturated rings. The standard InChI is InChI=1S/C18H26N2O3S/c1-2-18(21)19-10-5-11-20(13-12-19)24(22,23)17-9-8-15-6-3-4-7-16(15)14-17/h8-9,14H,2-7,10-13H2,1H3. The van der Waals surface area contributed by atoms with Crippen LogP contribution >= 0.6 is 0 Å². The fraction of sp³-hybridized carbons (Fsp3) is 0.611. The highest BCUT2D eigenvalue weighted by Gasteiger charge is 2.28. The highest BCUT2D eigenvalue weighted by Crippen LogP contribution is 2.26. The first-order valence-corrected chi connectivity index (χ1v) is 10.4. The van der Waals surface area contributed by atoms with Crippen molar-refractivity contribution in [2.75, 3.05) is 26.2 Å². The number of fused-ring (bicyclic) bond motifs is 1. The first kappa shape index (κ1) is 17.4. The van der Waals surface area contributed by atoms with Crippen LogP contribution in [-0.2, 0) is 27.7 Å². The lowest BCUT2D eigenvalue weighted by molar-refractivity contribution is -0.130. The molecule has 0 bridgehead atoms. The number of rotatable bonds is 3. The van der Waals surface area contributed by atoms with Gasteiger partial charge in [-0.1, -0.05) is 13.0 Å². The smallest absolute Gasteiger partial charge is 0.243 e. The molecule has 1 aliphatic carbocycles. The van der Waals surface area contributed by atoms with Gasteiger partial charge in [0.25, 0.3) is 0 Å². The molecule has 132 valence electrons. The number of aryl methyl sites for hydroxylation is 2. The molecule has 1 aromatic carbocycles. The van der Waals surface area contributed by atoms with E-state index in [1.165, 1.54) is 17.5 Å². The molecule has 0 unspecified atom stereocenters. The summed E-state index contributed by atoms with van der Waals surface area (Å²) in [6.07, 6.45) is 5.50. The van der Waals surface area contributed by atoms with Gasteiger partial charge in [0.05, 0.1) is 4.90 Å². The number of hydrogen-bond acceptors (Lipinski definition) is 3. The molecular formula is C18H26N2O3S. The van der Waals surface area contributed by atoms with Crippen LogP contribution in [0.25, 0.3) is 0 Å². The predicted octanol–water partition coefficient (Wildman–Crippen LogP) is 2.20. The number of carbonyl (C=O) groups excluding carboxylic acids is 1. The summed E-state index contributed by atoms with van der Waals surface area (Å²) in [6.45, 7) is 3.83. The van der Waals surface area contributed by atoms with Gasteiger partial charge in [0, 0.05) is 32.6 Å². The highest BCUT2D eigenvalue weighted by molar-refractivity contribution is 7.89. The van der Waals surface area contributed by atoms with Gasteiger partial charge in [-0.25, -0.2) is 8.42 Å². The fourth-order valence-electron chi connectivity index (χ4n) is 3.63. The van der Waals surface area contributed by atoms with Crippen LogP contribution in [0.3, 0.4) is 0 Å². The van der Waals surface area contributed by atoms with Gasteiger partial charge in [0.1, 0.15) is 0 Å². The number of hydrogen-bond donors (Lipinski definition) is 0. The minimum atomic E-state index is -3.48. The first-order chi connectivity index (χ1) is 11.5. The third-order valence-corrected chi connectivity index (χ3v) is 6.96. The molecule has 0 radical (unpaired) electrons. The lowest BCUT2D eigenvalue weighted by atomic mass is 9.92. The van der Waals surface area contributed by atoms with Gasteiger partial charge >= 0.3 is 0 Å². The van der Waals surface area contributed by atoms with E-state index in [1.54, 1.807) is 15.3 Å². The second kappa shape index (κ2) is 7.23. The summed E-state index contributed by atoms with van der Waals surface area (Å²) in [5.41, 5.74) is 2.47. The van der Waals surface area contributed by atoms with Gasteiger partial charge in [-0.05, 0) is 55.4 Å². The van der Waals surface area contributed by atoms with Crippen molar-refractivity contribution in [3.63, 3.8) is 0 Å². The summed E-state index contributed by atoms with van der Waals surface area (Å²) >= 11 is 0. The molecule has 0 saturated carbocycles. The average molecular weight is 350 g/mol. The molecule has 0 aromatic heterocycles. The number of carbonyl (C=O) groups is 1. The first-order valence-electron chi connectivity index (χ1n) is 8.92. The molecule has 1 aromatic rings. The van der Waals surface area contributed by atoms with Crippen LogP contribution in [0.2, 0.25) is 0 Å². The van der Waals surface area contributed by atoms with E-state index in [2.05, 4.69) is 0 Å². The molecule has 0 N–H and O–H groups in total. The average Bonchev–Trinajstić information content (AvgIpc) is 2.87. The van der Waals surface area contributed by atoms with Crippen LogP contribution in [-0.4, -0.2) is 49.7 Å². The Morgan fingerprint density at radius 2 is 1.75 bits per heavy atom. The van der Waals surface area contributed by atoms with E-state index in [4.69, 9.17) is 0 Å². The molecule has 1 saturated heterocycles. The number of sulfonamides is 1. The summed E-state index contributed by atoms with van der Waals surface area (Å²) in [6, 6.07) is 5.59. The zero-order chi connectivity index (χ0) is 17.2. The Bertz CT molecular complexity index is 715. The molecule has 24 heavy (non-hydrogen) atoms. The van der Waals surface area contributed by atoms with Gasteiger partial charge < -0.3 is 4.90 Å². The normalized spacial score (nSPS) is 19.6. The van der Waals surface area contributed by atoms with Crippen molar-refractivity contribution in [1.82, 2.24) is 9.21 Å². The molecule has 1 amide bonds. The lowest BCUT2D eigenvalue weighted by Crippen LogP contribution is -2.37. The van der Waals surface area contributed by atoms with Gasteiger partial charge in [0.15, 0.2) is 0 Å². The third kappa shape index (κ3) is 3.49. The van der Waals surface area contributed by atoms with E-state index in [-0.39, 0.29) is 5.91 Å². The van der Waals surface area contributed by atoms with E-state index >= 15 is 0 Å². The van der Waals surface area contributed by atoms with Gasteiger partial charge in [0.2, 0.25) is 15.9 Å². The minimum Gasteiger partial charge on any atom is -0.341 e. The van der Waals surface area contributed by atoms with E-state index < -0.39 is 10.0 Å². The molecule has 1 aliphatic heterocycles. The van der Waals surface area contributed by atoms with Crippen molar-refractivity contribution < 1.29 is 13.2 Å². The van der Waals surface area contributed by atoms with E-state index in [9.17, 15) is 13.2 Å². The number of amides is 1. The van der Waals surface area contributed by atoms with Gasteiger partial charge in [-0.3, -0.25) is 4.79 Å².